The molecule has 0 aliphatic carbocycles. The predicted molar refractivity (Wildman–Crippen MR) is 121 cm³/mol. The molecule has 5 aromatic rings. The third-order valence-electron chi connectivity index (χ3n) is 6.10. The summed E-state index contributed by atoms with van der Waals surface area (Å²) in [5.74, 6) is 0.746. The Morgan fingerprint density at radius 1 is 0.935 bits per heavy atom. The van der Waals surface area contributed by atoms with E-state index in [0.29, 0.717) is 0 Å². The molecule has 0 unspecified atom stereocenters. The van der Waals surface area contributed by atoms with E-state index in [4.69, 9.17) is 4.98 Å². The molecule has 0 radical (unpaired) electrons. The van der Waals surface area contributed by atoms with Crippen molar-refractivity contribution < 1.29 is 0 Å². The summed E-state index contributed by atoms with van der Waals surface area (Å²) >= 11 is 0. The van der Waals surface area contributed by atoms with Crippen LogP contribution in [0.5, 0.6) is 0 Å². The van der Waals surface area contributed by atoms with Crippen LogP contribution in [-0.2, 0) is 6.54 Å². The van der Waals surface area contributed by atoms with Crippen LogP contribution in [0.25, 0.3) is 44.6 Å². The van der Waals surface area contributed by atoms with Gasteiger partial charge in [-0.05, 0) is 67.7 Å². The van der Waals surface area contributed by atoms with Crippen LogP contribution in [0.4, 0.5) is 0 Å². The van der Waals surface area contributed by atoms with Crippen LogP contribution >= 0.6 is 0 Å². The summed E-state index contributed by atoms with van der Waals surface area (Å²) in [6.45, 7) is 5.34. The van der Waals surface area contributed by atoms with E-state index in [-0.39, 0.29) is 0 Å². The fraction of sp³-hybridized carbons (Fsp3) is 0.250. The Labute approximate surface area is 179 Å². The molecule has 0 spiro atoms. The number of aromatic amines is 2. The van der Waals surface area contributed by atoms with Gasteiger partial charge in [-0.25, -0.2) is 4.98 Å². The number of likely N-dealkylation sites (tertiary alicyclic amines) is 1. The topological polar surface area (TPSA) is 86.4 Å². The summed E-state index contributed by atoms with van der Waals surface area (Å²) in [4.78, 5) is 19.4. The van der Waals surface area contributed by atoms with Crippen LogP contribution in [0.15, 0.2) is 49.1 Å². The molecule has 4 aromatic heterocycles. The van der Waals surface area contributed by atoms with Gasteiger partial charge in [0.2, 0.25) is 0 Å². The second-order valence-electron chi connectivity index (χ2n) is 8.34. The van der Waals surface area contributed by atoms with Crippen molar-refractivity contribution in [3.63, 3.8) is 0 Å². The average molecular weight is 409 g/mol. The van der Waals surface area contributed by atoms with Crippen molar-refractivity contribution in [3.8, 4) is 22.6 Å². The molecule has 6 rings (SSSR count). The predicted octanol–water partition coefficient (Wildman–Crippen LogP) is 4.47. The minimum atomic E-state index is 0.746. The van der Waals surface area contributed by atoms with Crippen molar-refractivity contribution >= 4 is 21.9 Å². The molecule has 0 bridgehead atoms. The standard InChI is InChI=1S/C24H23N7/c1-15-10-25-13-21-22(15)28-24(27-21)23-19-9-17(4-5-20(19)29-30-23)18-8-16(11-26-12-18)14-31-6-2-3-7-31/h4-5,8-13H,2-3,6-7,14H2,1H3,(H,27,28)(H,29,30). The van der Waals surface area contributed by atoms with E-state index in [1.54, 1.807) is 6.20 Å². The molecule has 2 N–H and O–H groups in total. The van der Waals surface area contributed by atoms with E-state index in [9.17, 15) is 0 Å². The smallest absolute Gasteiger partial charge is 0.159 e. The molecule has 154 valence electrons. The molecule has 0 amide bonds. The Hall–Kier alpha value is -3.58. The summed E-state index contributed by atoms with van der Waals surface area (Å²) in [7, 11) is 0. The number of rotatable bonds is 4. The van der Waals surface area contributed by atoms with Gasteiger partial charge in [-0.2, -0.15) is 5.10 Å². The highest BCUT2D eigenvalue weighted by molar-refractivity contribution is 5.95. The summed E-state index contributed by atoms with van der Waals surface area (Å²) in [6, 6.07) is 8.61. The van der Waals surface area contributed by atoms with Crippen molar-refractivity contribution in [2.24, 2.45) is 0 Å². The van der Waals surface area contributed by atoms with E-state index in [1.165, 1.54) is 31.5 Å². The lowest BCUT2D eigenvalue weighted by molar-refractivity contribution is 0.331. The maximum atomic E-state index is 4.78. The monoisotopic (exact) mass is 409 g/mol. The normalized spacial score (nSPS) is 14.7. The van der Waals surface area contributed by atoms with Crippen molar-refractivity contribution in [2.75, 3.05) is 13.1 Å². The quantitative estimate of drug-likeness (QED) is 0.457. The Morgan fingerprint density at radius 3 is 2.68 bits per heavy atom. The van der Waals surface area contributed by atoms with Crippen molar-refractivity contribution in [3.05, 3.63) is 60.2 Å². The third kappa shape index (κ3) is 3.27. The first-order chi connectivity index (χ1) is 15.2. The molecular weight excluding hydrogens is 386 g/mol. The molecule has 1 aliphatic heterocycles. The molecule has 7 heteroatoms. The molecule has 31 heavy (non-hydrogen) atoms. The molecule has 7 nitrogen and oxygen atoms in total. The van der Waals surface area contributed by atoms with Gasteiger partial charge in [0.15, 0.2) is 5.82 Å². The fourth-order valence-corrected chi connectivity index (χ4v) is 4.48. The molecule has 5 heterocycles. The van der Waals surface area contributed by atoms with Gasteiger partial charge in [0.05, 0.1) is 22.7 Å². The minimum Gasteiger partial charge on any atom is -0.335 e. The number of aryl methyl sites for hydroxylation is 1. The second kappa shape index (κ2) is 7.28. The molecular formula is C24H23N7. The van der Waals surface area contributed by atoms with Crippen LogP contribution in [-0.4, -0.2) is 48.1 Å². The van der Waals surface area contributed by atoms with E-state index in [0.717, 1.165) is 56.7 Å². The molecule has 0 saturated carbocycles. The lowest BCUT2D eigenvalue weighted by atomic mass is 10.0. The molecule has 1 aliphatic rings. The number of pyridine rings is 2. The van der Waals surface area contributed by atoms with E-state index in [2.05, 4.69) is 54.3 Å². The Bertz CT molecular complexity index is 1390. The van der Waals surface area contributed by atoms with Crippen molar-refractivity contribution in [1.82, 2.24) is 35.0 Å². The maximum Gasteiger partial charge on any atom is 0.159 e. The fourth-order valence-electron chi connectivity index (χ4n) is 4.48. The SMILES string of the molecule is Cc1cncc2[nH]c(-c3n[nH]c4ccc(-c5cncc(CN6CCCC6)c5)cc34)nc12. The van der Waals surface area contributed by atoms with Gasteiger partial charge in [0.1, 0.15) is 5.69 Å². The Morgan fingerprint density at radius 2 is 1.81 bits per heavy atom. The molecule has 1 saturated heterocycles. The average Bonchev–Trinajstić information content (AvgIpc) is 3.53. The molecule has 1 fully saturated rings. The molecule has 0 atom stereocenters. The summed E-state index contributed by atoms with van der Waals surface area (Å²) < 4.78 is 0. The van der Waals surface area contributed by atoms with Gasteiger partial charge in [-0.15, -0.1) is 0 Å². The van der Waals surface area contributed by atoms with Gasteiger partial charge in [-0.1, -0.05) is 6.07 Å². The van der Waals surface area contributed by atoms with Crippen molar-refractivity contribution in [1.29, 1.82) is 0 Å². The largest absolute Gasteiger partial charge is 0.335 e. The zero-order valence-corrected chi connectivity index (χ0v) is 17.4. The van der Waals surface area contributed by atoms with E-state index >= 15 is 0 Å². The summed E-state index contributed by atoms with van der Waals surface area (Å²) in [5, 5.41) is 8.72. The lowest BCUT2D eigenvalue weighted by Gasteiger charge is -2.14. The van der Waals surface area contributed by atoms with Gasteiger partial charge >= 0.3 is 0 Å². The number of nitrogens with zero attached hydrogens (tertiary/aromatic N) is 5. The number of imidazole rings is 1. The number of benzene rings is 1. The number of H-pyrrole nitrogens is 2. The van der Waals surface area contributed by atoms with Gasteiger partial charge < -0.3 is 4.98 Å². The lowest BCUT2D eigenvalue weighted by Crippen LogP contribution is -2.18. The highest BCUT2D eigenvalue weighted by Gasteiger charge is 2.15. The summed E-state index contributed by atoms with van der Waals surface area (Å²) in [5.41, 5.74) is 8.19. The van der Waals surface area contributed by atoms with Gasteiger partial charge in [-0.3, -0.25) is 20.0 Å². The highest BCUT2D eigenvalue weighted by atomic mass is 15.1. The Kier molecular flexibility index (Phi) is 4.28. The van der Waals surface area contributed by atoms with Crippen LogP contribution in [0.1, 0.15) is 24.0 Å². The number of aromatic nitrogens is 6. The van der Waals surface area contributed by atoms with Crippen LogP contribution in [0, 0.1) is 6.92 Å². The summed E-state index contributed by atoms with van der Waals surface area (Å²) in [6.07, 6.45) is 10.1. The van der Waals surface area contributed by atoms with E-state index < -0.39 is 0 Å². The first kappa shape index (κ1) is 18.2. The minimum absolute atomic E-state index is 0.746. The van der Waals surface area contributed by atoms with Crippen LogP contribution < -0.4 is 0 Å². The number of hydrogen-bond donors (Lipinski definition) is 2. The third-order valence-corrected chi connectivity index (χ3v) is 6.10. The highest BCUT2D eigenvalue weighted by Crippen LogP contribution is 2.31. The number of nitrogens with one attached hydrogen (secondary N) is 2. The molecule has 1 aromatic carbocycles. The van der Waals surface area contributed by atoms with E-state index in [1.807, 2.05) is 25.5 Å². The number of hydrogen-bond acceptors (Lipinski definition) is 5. The zero-order valence-electron chi connectivity index (χ0n) is 17.4. The number of fused-ring (bicyclic) bond motifs is 2. The van der Waals surface area contributed by atoms with Crippen LogP contribution in [0.3, 0.4) is 0 Å². The zero-order chi connectivity index (χ0) is 20.8. The maximum absolute atomic E-state index is 4.78. The van der Waals surface area contributed by atoms with Gasteiger partial charge in [0, 0.05) is 36.1 Å². The first-order valence-corrected chi connectivity index (χ1v) is 10.7. The Balaban J connectivity index is 1.40. The first-order valence-electron chi connectivity index (χ1n) is 10.7. The second-order valence-corrected chi connectivity index (χ2v) is 8.34. The van der Waals surface area contributed by atoms with Crippen molar-refractivity contribution in [2.45, 2.75) is 26.3 Å². The van der Waals surface area contributed by atoms with Gasteiger partial charge in [0.25, 0.3) is 0 Å². The van der Waals surface area contributed by atoms with Crippen LogP contribution in [0.2, 0.25) is 0 Å².